The minimum Gasteiger partial charge on any atom is -0.479 e. The van der Waals surface area contributed by atoms with Gasteiger partial charge in [0.25, 0.3) is 0 Å². The number of nitrogens with one attached hydrogen (secondary N) is 2. The van der Waals surface area contributed by atoms with E-state index in [9.17, 15) is 20.1 Å². The number of aliphatic carboxylic acids is 1. The third-order valence-electron chi connectivity index (χ3n) is 4.21. The molecule has 2 aromatic carbocycles. The highest BCUT2D eigenvalue weighted by atomic mass is 32.1. The van der Waals surface area contributed by atoms with Gasteiger partial charge in [0.2, 0.25) is 6.29 Å². The average molecular weight is 420 g/mol. The zero-order chi connectivity index (χ0) is 21.0. The van der Waals surface area contributed by atoms with E-state index in [-0.39, 0.29) is 5.75 Å². The van der Waals surface area contributed by atoms with Crippen molar-refractivity contribution < 1.29 is 34.7 Å². The fourth-order valence-corrected chi connectivity index (χ4v) is 2.95. The zero-order valence-electron chi connectivity index (χ0n) is 15.0. The quantitative estimate of drug-likeness (QED) is 0.384. The lowest BCUT2D eigenvalue weighted by Gasteiger charge is -2.38. The van der Waals surface area contributed by atoms with Crippen molar-refractivity contribution in [3.05, 3.63) is 54.6 Å². The van der Waals surface area contributed by atoms with Crippen LogP contribution < -0.4 is 15.4 Å². The number of aliphatic hydroxyl groups is 3. The lowest BCUT2D eigenvalue weighted by Crippen LogP contribution is -2.61. The Labute approximate surface area is 171 Å². The molecule has 0 aliphatic carbocycles. The van der Waals surface area contributed by atoms with E-state index in [0.29, 0.717) is 10.8 Å². The highest BCUT2D eigenvalue weighted by Gasteiger charge is 2.48. The number of aliphatic hydroxyl groups excluding tert-OH is 3. The number of anilines is 2. The van der Waals surface area contributed by atoms with E-state index in [0.717, 1.165) is 5.69 Å². The monoisotopic (exact) mass is 420 g/mol. The van der Waals surface area contributed by atoms with E-state index in [4.69, 9.17) is 26.8 Å². The topological polar surface area (TPSA) is 141 Å². The fourth-order valence-electron chi connectivity index (χ4n) is 2.72. The third kappa shape index (κ3) is 5.19. The van der Waals surface area contributed by atoms with Gasteiger partial charge in [-0.05, 0) is 48.6 Å². The Balaban J connectivity index is 1.60. The van der Waals surface area contributed by atoms with Gasteiger partial charge in [-0.15, -0.1) is 0 Å². The molecule has 3 rings (SSSR count). The van der Waals surface area contributed by atoms with Crippen LogP contribution >= 0.6 is 12.2 Å². The van der Waals surface area contributed by atoms with Gasteiger partial charge in [-0.3, -0.25) is 0 Å². The van der Waals surface area contributed by atoms with Crippen LogP contribution in [-0.4, -0.2) is 62.2 Å². The molecule has 29 heavy (non-hydrogen) atoms. The molecule has 0 amide bonds. The SMILES string of the molecule is O=C(O)[C@H]1O[C@@H](Oc2ccc(NC(=S)Nc3ccccc3)cc2)[C@H](O)[C@@H](O)[C@@H]1O. The summed E-state index contributed by atoms with van der Waals surface area (Å²) in [7, 11) is 0. The van der Waals surface area contributed by atoms with Crippen molar-refractivity contribution in [3.63, 3.8) is 0 Å². The van der Waals surface area contributed by atoms with Gasteiger partial charge in [0, 0.05) is 11.4 Å². The summed E-state index contributed by atoms with van der Waals surface area (Å²) < 4.78 is 10.5. The molecule has 0 unspecified atom stereocenters. The van der Waals surface area contributed by atoms with E-state index in [1.54, 1.807) is 24.3 Å². The number of carboxylic acids is 1. The van der Waals surface area contributed by atoms with Crippen LogP contribution in [0.2, 0.25) is 0 Å². The maximum absolute atomic E-state index is 11.1. The Morgan fingerprint density at radius 3 is 2.07 bits per heavy atom. The summed E-state index contributed by atoms with van der Waals surface area (Å²) >= 11 is 5.24. The molecule has 0 aromatic heterocycles. The summed E-state index contributed by atoms with van der Waals surface area (Å²) in [4.78, 5) is 11.1. The van der Waals surface area contributed by atoms with Gasteiger partial charge in [0.1, 0.15) is 24.1 Å². The largest absolute Gasteiger partial charge is 0.479 e. The summed E-state index contributed by atoms with van der Waals surface area (Å²) in [5.74, 6) is -1.22. The van der Waals surface area contributed by atoms with Gasteiger partial charge >= 0.3 is 5.97 Å². The standard InChI is InChI=1S/C19H20N2O7S/c22-13-14(23)16(17(25)26)28-18(15(13)24)27-12-8-6-11(7-9-12)21-19(29)20-10-4-2-1-3-5-10/h1-9,13-16,18,22-24H,(H,25,26)(H2,20,21,29)/t13-,14-,15+,16-,18+/m0/s1. The predicted molar refractivity (Wildman–Crippen MR) is 108 cm³/mol. The van der Waals surface area contributed by atoms with Gasteiger partial charge in [0.05, 0.1) is 0 Å². The lowest BCUT2D eigenvalue weighted by atomic mass is 9.99. The van der Waals surface area contributed by atoms with E-state index in [2.05, 4.69) is 10.6 Å². The van der Waals surface area contributed by atoms with Crippen LogP contribution in [0.15, 0.2) is 54.6 Å². The molecule has 1 heterocycles. The first-order valence-electron chi connectivity index (χ1n) is 8.67. The molecule has 1 aliphatic heterocycles. The van der Waals surface area contributed by atoms with Crippen LogP contribution in [0, 0.1) is 0 Å². The molecule has 154 valence electrons. The smallest absolute Gasteiger partial charge is 0.335 e. The molecular weight excluding hydrogens is 400 g/mol. The number of ether oxygens (including phenoxy) is 2. The molecule has 0 spiro atoms. The first-order valence-corrected chi connectivity index (χ1v) is 9.08. The van der Waals surface area contributed by atoms with Crippen molar-refractivity contribution in [2.75, 3.05) is 10.6 Å². The van der Waals surface area contributed by atoms with Gasteiger partial charge in [-0.2, -0.15) is 0 Å². The van der Waals surface area contributed by atoms with Gasteiger partial charge < -0.3 is 40.5 Å². The average Bonchev–Trinajstić information content (AvgIpc) is 2.70. The van der Waals surface area contributed by atoms with Crippen LogP contribution in [-0.2, 0) is 9.53 Å². The number of hydrogen-bond donors (Lipinski definition) is 6. The second-order valence-corrected chi connectivity index (χ2v) is 6.73. The number of carboxylic acid groups (broad SMARTS) is 1. The van der Waals surface area contributed by atoms with Crippen molar-refractivity contribution in [1.82, 2.24) is 0 Å². The molecule has 1 fully saturated rings. The zero-order valence-corrected chi connectivity index (χ0v) is 15.8. The van der Waals surface area contributed by atoms with E-state index >= 15 is 0 Å². The number of carbonyl (C=O) groups is 1. The predicted octanol–water partition coefficient (Wildman–Crippen LogP) is 0.766. The highest BCUT2D eigenvalue weighted by Crippen LogP contribution is 2.25. The van der Waals surface area contributed by atoms with Crippen LogP contribution in [0.5, 0.6) is 5.75 Å². The van der Waals surface area contributed by atoms with Crippen LogP contribution in [0.3, 0.4) is 0 Å². The summed E-state index contributed by atoms with van der Waals surface area (Å²) in [6.45, 7) is 0. The van der Waals surface area contributed by atoms with E-state index in [1.807, 2.05) is 30.3 Å². The highest BCUT2D eigenvalue weighted by molar-refractivity contribution is 7.80. The number of para-hydroxylation sites is 1. The summed E-state index contributed by atoms with van der Waals surface area (Å²) in [5, 5.41) is 45.0. The van der Waals surface area contributed by atoms with E-state index < -0.39 is 36.7 Å². The van der Waals surface area contributed by atoms with Crippen LogP contribution in [0.4, 0.5) is 11.4 Å². The third-order valence-corrected chi connectivity index (χ3v) is 4.41. The maximum atomic E-state index is 11.1. The Morgan fingerprint density at radius 2 is 1.48 bits per heavy atom. The van der Waals surface area contributed by atoms with Crippen molar-refractivity contribution >= 4 is 34.7 Å². The molecule has 2 aromatic rings. The maximum Gasteiger partial charge on any atom is 0.335 e. The molecule has 10 heteroatoms. The minimum atomic E-state index is -1.77. The Morgan fingerprint density at radius 1 is 0.897 bits per heavy atom. The van der Waals surface area contributed by atoms with Crippen molar-refractivity contribution in [3.8, 4) is 5.75 Å². The van der Waals surface area contributed by atoms with E-state index in [1.165, 1.54) is 0 Å². The second kappa shape index (κ2) is 9.16. The molecule has 0 radical (unpaired) electrons. The van der Waals surface area contributed by atoms with Gasteiger partial charge in [-0.1, -0.05) is 18.2 Å². The summed E-state index contributed by atoms with van der Waals surface area (Å²) in [6, 6.07) is 15.8. The molecule has 1 aliphatic rings. The molecule has 9 nitrogen and oxygen atoms in total. The number of rotatable bonds is 5. The van der Waals surface area contributed by atoms with Crippen molar-refractivity contribution in [2.24, 2.45) is 0 Å². The Kier molecular flexibility index (Phi) is 6.62. The van der Waals surface area contributed by atoms with Crippen LogP contribution in [0.1, 0.15) is 0 Å². The molecule has 6 N–H and O–H groups in total. The van der Waals surface area contributed by atoms with Crippen molar-refractivity contribution in [1.29, 1.82) is 0 Å². The first kappa shape index (κ1) is 21.0. The van der Waals surface area contributed by atoms with Gasteiger partial charge in [-0.25, -0.2) is 4.79 Å². The normalized spacial score (nSPS) is 26.4. The molecule has 1 saturated heterocycles. The fraction of sp³-hybridized carbons (Fsp3) is 0.263. The lowest BCUT2D eigenvalue weighted by molar-refractivity contribution is -0.271. The van der Waals surface area contributed by atoms with Crippen molar-refractivity contribution in [2.45, 2.75) is 30.7 Å². The molecular formula is C19H20N2O7S. The minimum absolute atomic E-state index is 0.259. The first-order chi connectivity index (χ1) is 13.8. The summed E-state index contributed by atoms with van der Waals surface area (Å²) in [6.07, 6.45) is -8.31. The Hall–Kier alpha value is -2.76. The molecule has 0 saturated carbocycles. The van der Waals surface area contributed by atoms with Gasteiger partial charge in [0.15, 0.2) is 11.2 Å². The number of hydrogen-bond acceptors (Lipinski definition) is 7. The van der Waals surface area contributed by atoms with Crippen LogP contribution in [0.25, 0.3) is 0 Å². The number of thiocarbonyl (C=S) groups is 1. The molecule has 0 bridgehead atoms. The second-order valence-electron chi connectivity index (χ2n) is 6.32. The molecule has 5 atom stereocenters. The summed E-state index contributed by atoms with van der Waals surface area (Å²) in [5.41, 5.74) is 1.50. The number of benzene rings is 2. The Bertz CT molecular complexity index is 849.